The summed E-state index contributed by atoms with van der Waals surface area (Å²) in [4.78, 5) is 11.1. The fraction of sp³-hybridized carbons (Fsp3) is 0.375. The highest BCUT2D eigenvalue weighted by Crippen LogP contribution is 2.32. The van der Waals surface area contributed by atoms with Crippen LogP contribution in [0.2, 0.25) is 0 Å². The Morgan fingerprint density at radius 3 is 2.65 bits per heavy atom. The van der Waals surface area contributed by atoms with Crippen molar-refractivity contribution in [1.29, 1.82) is 0 Å². The molecule has 0 amide bonds. The molecule has 1 saturated heterocycles. The van der Waals surface area contributed by atoms with Crippen LogP contribution in [0.1, 0.15) is 29.3 Å². The molecule has 2 heterocycles. The molecular formula is C16H20N4. The lowest BCUT2D eigenvalue weighted by molar-refractivity contribution is 0.773. The summed E-state index contributed by atoms with van der Waals surface area (Å²) in [6.45, 7) is 5.92. The van der Waals surface area contributed by atoms with Crippen LogP contribution in [0, 0.1) is 13.8 Å². The van der Waals surface area contributed by atoms with Gasteiger partial charge in [0.2, 0.25) is 0 Å². The van der Waals surface area contributed by atoms with Crippen molar-refractivity contribution in [3.05, 3.63) is 47.3 Å². The zero-order valence-corrected chi connectivity index (χ0v) is 12.0. The van der Waals surface area contributed by atoms with Gasteiger partial charge in [-0.1, -0.05) is 30.3 Å². The molecule has 1 aromatic heterocycles. The van der Waals surface area contributed by atoms with Gasteiger partial charge < -0.3 is 10.6 Å². The molecule has 2 aromatic rings. The van der Waals surface area contributed by atoms with Crippen LogP contribution >= 0.6 is 0 Å². The molecule has 1 unspecified atom stereocenters. The maximum atomic E-state index is 5.96. The number of hydrogen-bond acceptors (Lipinski definition) is 4. The van der Waals surface area contributed by atoms with E-state index in [1.54, 1.807) is 0 Å². The molecule has 1 atom stereocenters. The van der Waals surface area contributed by atoms with Gasteiger partial charge in [-0.3, -0.25) is 0 Å². The quantitative estimate of drug-likeness (QED) is 0.909. The third-order valence-corrected chi connectivity index (χ3v) is 4.03. The van der Waals surface area contributed by atoms with Crippen LogP contribution in [0.25, 0.3) is 0 Å². The Labute approximate surface area is 119 Å². The number of nitrogens with two attached hydrogens (primary N) is 1. The maximum Gasteiger partial charge on any atom is 0.137 e. The van der Waals surface area contributed by atoms with Gasteiger partial charge in [-0.15, -0.1) is 0 Å². The molecular weight excluding hydrogens is 248 g/mol. The topological polar surface area (TPSA) is 55.0 Å². The Morgan fingerprint density at radius 1 is 1.15 bits per heavy atom. The normalized spacial score (nSPS) is 18.5. The van der Waals surface area contributed by atoms with Gasteiger partial charge in [-0.25, -0.2) is 9.97 Å². The van der Waals surface area contributed by atoms with E-state index < -0.39 is 0 Å². The number of aryl methyl sites for hydroxylation is 1. The summed E-state index contributed by atoms with van der Waals surface area (Å²) in [7, 11) is 0. The van der Waals surface area contributed by atoms with E-state index in [0.29, 0.717) is 11.7 Å². The molecule has 104 valence electrons. The van der Waals surface area contributed by atoms with Gasteiger partial charge in [0.15, 0.2) is 0 Å². The van der Waals surface area contributed by atoms with Crippen molar-refractivity contribution in [3.8, 4) is 0 Å². The molecule has 4 nitrogen and oxygen atoms in total. The fourth-order valence-corrected chi connectivity index (χ4v) is 2.89. The Bertz CT molecular complexity index is 609. The summed E-state index contributed by atoms with van der Waals surface area (Å²) < 4.78 is 0. The molecule has 1 aliphatic heterocycles. The number of hydrogen-bond donors (Lipinski definition) is 1. The first-order valence-corrected chi connectivity index (χ1v) is 7.06. The van der Waals surface area contributed by atoms with Gasteiger partial charge in [0.1, 0.15) is 17.5 Å². The van der Waals surface area contributed by atoms with Gasteiger partial charge in [0.05, 0.1) is 0 Å². The average Bonchev–Trinajstić information content (AvgIpc) is 2.93. The van der Waals surface area contributed by atoms with Crippen molar-refractivity contribution in [2.75, 3.05) is 23.7 Å². The molecule has 0 spiro atoms. The molecule has 1 aliphatic rings. The molecule has 0 bridgehead atoms. The number of nitrogen functional groups attached to an aromatic ring is 1. The van der Waals surface area contributed by atoms with Gasteiger partial charge in [0, 0.05) is 24.6 Å². The lowest BCUT2D eigenvalue weighted by Crippen LogP contribution is -2.22. The SMILES string of the molecule is Cc1nc(N)c(C)c(N2CCC(c3ccccc3)C2)n1. The first-order valence-electron chi connectivity index (χ1n) is 7.06. The standard InChI is InChI=1S/C16H20N4/c1-11-15(17)18-12(2)19-16(11)20-9-8-14(10-20)13-6-4-3-5-7-13/h3-7,14H,8-10H2,1-2H3,(H2,17,18,19). The Kier molecular flexibility index (Phi) is 3.30. The Balaban J connectivity index is 1.84. The van der Waals surface area contributed by atoms with E-state index >= 15 is 0 Å². The van der Waals surface area contributed by atoms with Crippen molar-refractivity contribution in [1.82, 2.24) is 9.97 Å². The molecule has 0 radical (unpaired) electrons. The third kappa shape index (κ3) is 2.33. The molecule has 1 aromatic carbocycles. The molecule has 2 N–H and O–H groups in total. The summed E-state index contributed by atoms with van der Waals surface area (Å²) >= 11 is 0. The summed E-state index contributed by atoms with van der Waals surface area (Å²) in [6, 6.07) is 10.7. The van der Waals surface area contributed by atoms with E-state index in [1.165, 1.54) is 5.56 Å². The second kappa shape index (κ2) is 5.12. The Morgan fingerprint density at radius 2 is 1.90 bits per heavy atom. The fourth-order valence-electron chi connectivity index (χ4n) is 2.89. The number of nitrogens with zero attached hydrogens (tertiary/aromatic N) is 3. The second-order valence-corrected chi connectivity index (χ2v) is 5.45. The minimum absolute atomic E-state index is 0.576. The van der Waals surface area contributed by atoms with Crippen LogP contribution in [0.5, 0.6) is 0 Å². The third-order valence-electron chi connectivity index (χ3n) is 4.03. The summed E-state index contributed by atoms with van der Waals surface area (Å²) in [5, 5.41) is 0. The smallest absolute Gasteiger partial charge is 0.137 e. The molecule has 20 heavy (non-hydrogen) atoms. The lowest BCUT2D eigenvalue weighted by atomic mass is 9.99. The van der Waals surface area contributed by atoms with Gasteiger partial charge in [-0.05, 0) is 25.8 Å². The van der Waals surface area contributed by atoms with Gasteiger partial charge >= 0.3 is 0 Å². The molecule has 0 aliphatic carbocycles. The van der Waals surface area contributed by atoms with Crippen molar-refractivity contribution in [3.63, 3.8) is 0 Å². The van der Waals surface area contributed by atoms with Gasteiger partial charge in [0.25, 0.3) is 0 Å². The molecule has 4 heteroatoms. The van der Waals surface area contributed by atoms with E-state index in [4.69, 9.17) is 5.73 Å². The predicted octanol–water partition coefficient (Wildman–Crippen LogP) is 2.67. The Hall–Kier alpha value is -2.10. The van der Waals surface area contributed by atoms with Crippen LogP contribution in [-0.2, 0) is 0 Å². The number of benzene rings is 1. The van der Waals surface area contributed by atoms with Crippen LogP contribution in [0.4, 0.5) is 11.6 Å². The van der Waals surface area contributed by atoms with E-state index in [-0.39, 0.29) is 0 Å². The highest BCUT2D eigenvalue weighted by Gasteiger charge is 2.26. The number of anilines is 2. The lowest BCUT2D eigenvalue weighted by Gasteiger charge is -2.20. The number of rotatable bonds is 2. The number of aromatic nitrogens is 2. The molecule has 3 rings (SSSR count). The van der Waals surface area contributed by atoms with Crippen molar-refractivity contribution >= 4 is 11.6 Å². The summed E-state index contributed by atoms with van der Waals surface area (Å²) in [5.74, 6) is 2.91. The highest BCUT2D eigenvalue weighted by molar-refractivity contribution is 5.57. The highest BCUT2D eigenvalue weighted by atomic mass is 15.2. The monoisotopic (exact) mass is 268 g/mol. The maximum absolute atomic E-state index is 5.96. The zero-order valence-electron chi connectivity index (χ0n) is 12.0. The first kappa shape index (κ1) is 12.9. The van der Waals surface area contributed by atoms with E-state index in [2.05, 4.69) is 45.2 Å². The minimum atomic E-state index is 0.576. The van der Waals surface area contributed by atoms with Crippen LogP contribution in [0.3, 0.4) is 0 Å². The predicted molar refractivity (Wildman–Crippen MR) is 81.9 cm³/mol. The van der Waals surface area contributed by atoms with Crippen molar-refractivity contribution in [2.45, 2.75) is 26.2 Å². The van der Waals surface area contributed by atoms with Crippen LogP contribution in [-0.4, -0.2) is 23.1 Å². The van der Waals surface area contributed by atoms with E-state index in [1.807, 2.05) is 13.8 Å². The van der Waals surface area contributed by atoms with E-state index in [9.17, 15) is 0 Å². The van der Waals surface area contributed by atoms with Crippen LogP contribution < -0.4 is 10.6 Å². The second-order valence-electron chi connectivity index (χ2n) is 5.45. The van der Waals surface area contributed by atoms with Gasteiger partial charge in [-0.2, -0.15) is 0 Å². The average molecular weight is 268 g/mol. The molecule has 1 fully saturated rings. The van der Waals surface area contributed by atoms with Crippen LogP contribution in [0.15, 0.2) is 30.3 Å². The minimum Gasteiger partial charge on any atom is -0.383 e. The summed E-state index contributed by atoms with van der Waals surface area (Å²) in [6.07, 6.45) is 1.16. The van der Waals surface area contributed by atoms with E-state index in [0.717, 1.165) is 36.7 Å². The van der Waals surface area contributed by atoms with Crippen molar-refractivity contribution < 1.29 is 0 Å². The largest absolute Gasteiger partial charge is 0.383 e. The zero-order chi connectivity index (χ0) is 14.1. The first-order chi connectivity index (χ1) is 9.65. The summed E-state index contributed by atoms with van der Waals surface area (Å²) in [5.41, 5.74) is 8.36. The molecule has 0 saturated carbocycles. The van der Waals surface area contributed by atoms with Crippen molar-refractivity contribution in [2.24, 2.45) is 0 Å².